The standard InChI is InChI=1S/C12H24O2/c1-8(2)11-7-12(5,13-6)9(3)10(4)14-11/h8-11H,7H2,1-6H3/t9?,10-,11+,12+/m0/s1. The van der Waals surface area contributed by atoms with Crippen molar-refractivity contribution in [1.82, 2.24) is 0 Å². The lowest BCUT2D eigenvalue weighted by molar-refractivity contribution is -0.190. The summed E-state index contributed by atoms with van der Waals surface area (Å²) in [4.78, 5) is 0. The maximum absolute atomic E-state index is 5.98. The van der Waals surface area contributed by atoms with Crippen molar-refractivity contribution in [3.05, 3.63) is 0 Å². The number of hydrogen-bond donors (Lipinski definition) is 0. The fourth-order valence-electron chi connectivity index (χ4n) is 2.19. The van der Waals surface area contributed by atoms with E-state index in [1.807, 2.05) is 7.11 Å². The highest BCUT2D eigenvalue weighted by atomic mass is 16.5. The molecule has 0 bridgehead atoms. The molecule has 0 saturated carbocycles. The Labute approximate surface area is 88.0 Å². The van der Waals surface area contributed by atoms with Crippen molar-refractivity contribution in [2.24, 2.45) is 11.8 Å². The second-order valence-electron chi connectivity index (χ2n) is 5.13. The van der Waals surface area contributed by atoms with Crippen LogP contribution in [0.1, 0.15) is 41.0 Å². The molecular weight excluding hydrogens is 176 g/mol. The third-order valence-corrected chi connectivity index (χ3v) is 3.87. The van der Waals surface area contributed by atoms with Gasteiger partial charge in [0.2, 0.25) is 0 Å². The van der Waals surface area contributed by atoms with Crippen LogP contribution in [0.25, 0.3) is 0 Å². The van der Waals surface area contributed by atoms with Gasteiger partial charge in [-0.2, -0.15) is 0 Å². The van der Waals surface area contributed by atoms with Gasteiger partial charge in [-0.1, -0.05) is 20.8 Å². The molecule has 2 nitrogen and oxygen atoms in total. The maximum Gasteiger partial charge on any atom is 0.0725 e. The molecule has 4 atom stereocenters. The Balaban J connectivity index is 2.76. The van der Waals surface area contributed by atoms with E-state index in [2.05, 4.69) is 34.6 Å². The highest BCUT2D eigenvalue weighted by Gasteiger charge is 2.43. The van der Waals surface area contributed by atoms with E-state index in [1.165, 1.54) is 0 Å². The molecule has 0 N–H and O–H groups in total. The maximum atomic E-state index is 5.98. The molecule has 1 rings (SSSR count). The van der Waals surface area contributed by atoms with E-state index in [9.17, 15) is 0 Å². The zero-order chi connectivity index (χ0) is 10.9. The van der Waals surface area contributed by atoms with Crippen LogP contribution in [0.5, 0.6) is 0 Å². The van der Waals surface area contributed by atoms with Gasteiger partial charge in [0.05, 0.1) is 17.8 Å². The van der Waals surface area contributed by atoms with E-state index in [1.54, 1.807) is 0 Å². The second-order valence-corrected chi connectivity index (χ2v) is 5.13. The van der Waals surface area contributed by atoms with E-state index >= 15 is 0 Å². The Hall–Kier alpha value is -0.0800. The number of rotatable bonds is 2. The Kier molecular flexibility index (Phi) is 3.59. The third kappa shape index (κ3) is 2.12. The van der Waals surface area contributed by atoms with Crippen molar-refractivity contribution in [3.8, 4) is 0 Å². The van der Waals surface area contributed by atoms with Crippen LogP contribution in [-0.4, -0.2) is 24.9 Å². The van der Waals surface area contributed by atoms with E-state index in [4.69, 9.17) is 9.47 Å². The molecule has 2 heteroatoms. The molecular formula is C12H24O2. The summed E-state index contributed by atoms with van der Waals surface area (Å²) < 4.78 is 11.6. The molecule has 1 aliphatic heterocycles. The largest absolute Gasteiger partial charge is 0.378 e. The topological polar surface area (TPSA) is 18.5 Å². The quantitative estimate of drug-likeness (QED) is 0.682. The molecule has 1 aliphatic rings. The van der Waals surface area contributed by atoms with Crippen LogP contribution in [0, 0.1) is 11.8 Å². The molecule has 0 aromatic rings. The van der Waals surface area contributed by atoms with E-state index in [-0.39, 0.29) is 5.60 Å². The van der Waals surface area contributed by atoms with E-state index < -0.39 is 0 Å². The number of methoxy groups -OCH3 is 1. The zero-order valence-corrected chi connectivity index (χ0v) is 10.3. The van der Waals surface area contributed by atoms with Gasteiger partial charge in [-0.05, 0) is 19.8 Å². The van der Waals surface area contributed by atoms with Crippen molar-refractivity contribution < 1.29 is 9.47 Å². The summed E-state index contributed by atoms with van der Waals surface area (Å²) in [5.74, 6) is 1.03. The summed E-state index contributed by atoms with van der Waals surface area (Å²) in [6.07, 6.45) is 1.64. The molecule has 84 valence electrons. The summed E-state index contributed by atoms with van der Waals surface area (Å²) in [5.41, 5.74) is -0.0212. The van der Waals surface area contributed by atoms with Crippen LogP contribution in [0.3, 0.4) is 0 Å². The smallest absolute Gasteiger partial charge is 0.0725 e. The molecule has 1 heterocycles. The van der Waals surface area contributed by atoms with Crippen LogP contribution >= 0.6 is 0 Å². The Morgan fingerprint density at radius 1 is 1.36 bits per heavy atom. The van der Waals surface area contributed by atoms with Crippen molar-refractivity contribution in [2.45, 2.75) is 58.8 Å². The van der Waals surface area contributed by atoms with Gasteiger partial charge in [0.15, 0.2) is 0 Å². The molecule has 1 fully saturated rings. The minimum atomic E-state index is -0.0212. The molecule has 0 radical (unpaired) electrons. The highest BCUT2D eigenvalue weighted by Crippen LogP contribution is 2.38. The summed E-state index contributed by atoms with van der Waals surface area (Å²) in [7, 11) is 1.81. The lowest BCUT2D eigenvalue weighted by atomic mass is 9.77. The van der Waals surface area contributed by atoms with Crippen molar-refractivity contribution in [3.63, 3.8) is 0 Å². The van der Waals surface area contributed by atoms with Crippen LogP contribution in [-0.2, 0) is 9.47 Å². The molecule has 0 aromatic heterocycles. The van der Waals surface area contributed by atoms with Gasteiger partial charge in [0.25, 0.3) is 0 Å². The molecule has 14 heavy (non-hydrogen) atoms. The summed E-state index contributed by atoms with van der Waals surface area (Å²) in [6, 6.07) is 0. The fraction of sp³-hybridized carbons (Fsp3) is 1.00. The Morgan fingerprint density at radius 3 is 2.36 bits per heavy atom. The minimum absolute atomic E-state index is 0.0212. The van der Waals surface area contributed by atoms with Crippen molar-refractivity contribution in [1.29, 1.82) is 0 Å². The van der Waals surface area contributed by atoms with Gasteiger partial charge in [-0.25, -0.2) is 0 Å². The van der Waals surface area contributed by atoms with Crippen LogP contribution in [0.2, 0.25) is 0 Å². The highest BCUT2D eigenvalue weighted by molar-refractivity contribution is 4.92. The molecule has 0 aromatic carbocycles. The average Bonchev–Trinajstić information content (AvgIpc) is 2.13. The first kappa shape index (κ1) is 12.0. The normalized spacial score (nSPS) is 44.4. The first-order valence-corrected chi connectivity index (χ1v) is 5.61. The first-order valence-electron chi connectivity index (χ1n) is 5.61. The fourth-order valence-corrected chi connectivity index (χ4v) is 2.19. The Morgan fingerprint density at radius 2 is 1.93 bits per heavy atom. The predicted molar refractivity (Wildman–Crippen MR) is 58.4 cm³/mol. The van der Waals surface area contributed by atoms with Gasteiger partial charge in [0.1, 0.15) is 0 Å². The van der Waals surface area contributed by atoms with E-state index in [0.29, 0.717) is 24.0 Å². The SMILES string of the molecule is CO[C@]1(C)C[C@H](C(C)C)O[C@@H](C)C1C. The predicted octanol–water partition coefficient (Wildman–Crippen LogP) is 2.86. The first-order chi connectivity index (χ1) is 6.40. The third-order valence-electron chi connectivity index (χ3n) is 3.87. The van der Waals surface area contributed by atoms with Crippen LogP contribution < -0.4 is 0 Å². The molecule has 1 unspecified atom stereocenters. The lowest BCUT2D eigenvalue weighted by Gasteiger charge is -2.47. The average molecular weight is 200 g/mol. The monoisotopic (exact) mass is 200 g/mol. The van der Waals surface area contributed by atoms with Crippen molar-refractivity contribution >= 4 is 0 Å². The van der Waals surface area contributed by atoms with Gasteiger partial charge in [-0.3, -0.25) is 0 Å². The van der Waals surface area contributed by atoms with Gasteiger partial charge in [-0.15, -0.1) is 0 Å². The van der Waals surface area contributed by atoms with Gasteiger partial charge in [0, 0.05) is 19.4 Å². The van der Waals surface area contributed by atoms with Gasteiger partial charge >= 0.3 is 0 Å². The molecule has 0 aliphatic carbocycles. The number of hydrogen-bond acceptors (Lipinski definition) is 2. The van der Waals surface area contributed by atoms with Crippen LogP contribution in [0.4, 0.5) is 0 Å². The Bertz CT molecular complexity index is 191. The second kappa shape index (κ2) is 4.19. The molecule has 1 saturated heterocycles. The summed E-state index contributed by atoms with van der Waals surface area (Å²) in [6.45, 7) is 11.0. The minimum Gasteiger partial charge on any atom is -0.378 e. The summed E-state index contributed by atoms with van der Waals surface area (Å²) in [5, 5.41) is 0. The van der Waals surface area contributed by atoms with Crippen LogP contribution in [0.15, 0.2) is 0 Å². The number of ether oxygens (including phenoxy) is 2. The van der Waals surface area contributed by atoms with E-state index in [0.717, 1.165) is 6.42 Å². The van der Waals surface area contributed by atoms with Crippen molar-refractivity contribution in [2.75, 3.05) is 7.11 Å². The summed E-state index contributed by atoms with van der Waals surface area (Å²) >= 11 is 0. The van der Waals surface area contributed by atoms with Gasteiger partial charge < -0.3 is 9.47 Å². The zero-order valence-electron chi connectivity index (χ0n) is 10.3. The molecule has 0 amide bonds. The molecule has 0 spiro atoms. The lowest BCUT2D eigenvalue weighted by Crippen LogP contribution is -2.51.